The lowest BCUT2D eigenvalue weighted by Gasteiger charge is -2.07. The Labute approximate surface area is 108 Å². The summed E-state index contributed by atoms with van der Waals surface area (Å²) in [6, 6.07) is 9.62. The molecule has 0 atom stereocenters. The van der Waals surface area contributed by atoms with E-state index < -0.39 is 4.92 Å². The van der Waals surface area contributed by atoms with Crippen LogP contribution in [0.5, 0.6) is 5.75 Å². The van der Waals surface area contributed by atoms with Gasteiger partial charge in [0.2, 0.25) is 5.82 Å². The monoisotopic (exact) mass is 260 g/mol. The van der Waals surface area contributed by atoms with E-state index in [1.807, 2.05) is 0 Å². The topological polar surface area (TPSA) is 114 Å². The van der Waals surface area contributed by atoms with Crippen molar-refractivity contribution in [1.82, 2.24) is 4.98 Å². The number of nitrogens with two attached hydrogens (primary N) is 1. The number of nitrogen functional groups attached to an aromatic ring is 1. The third-order valence-electron chi connectivity index (χ3n) is 2.55. The fourth-order valence-electron chi connectivity index (χ4n) is 1.57. The van der Waals surface area contributed by atoms with Gasteiger partial charge in [-0.2, -0.15) is 0 Å². The predicted octanol–water partition coefficient (Wildman–Crippen LogP) is 1.89. The molecule has 0 fully saturated rings. The van der Waals surface area contributed by atoms with E-state index >= 15 is 0 Å². The average molecular weight is 260 g/mol. The van der Waals surface area contributed by atoms with Gasteiger partial charge in [0.25, 0.3) is 0 Å². The minimum atomic E-state index is -0.588. The molecular formula is C12H12N4O3. The largest absolute Gasteiger partial charge is 0.508 e. The van der Waals surface area contributed by atoms with Crippen LogP contribution in [0.1, 0.15) is 5.56 Å². The number of hydrogen-bond donors (Lipinski definition) is 3. The molecule has 1 aromatic carbocycles. The van der Waals surface area contributed by atoms with Gasteiger partial charge in [0.15, 0.2) is 0 Å². The van der Waals surface area contributed by atoms with Crippen molar-refractivity contribution in [2.24, 2.45) is 0 Å². The van der Waals surface area contributed by atoms with Crippen molar-refractivity contribution in [3.05, 3.63) is 52.1 Å². The summed E-state index contributed by atoms with van der Waals surface area (Å²) in [5, 5.41) is 23.1. The molecular weight excluding hydrogens is 248 g/mol. The minimum Gasteiger partial charge on any atom is -0.508 e. The van der Waals surface area contributed by atoms with Gasteiger partial charge in [0.05, 0.1) is 4.92 Å². The molecule has 7 heteroatoms. The molecule has 0 aliphatic heterocycles. The SMILES string of the molecule is Nc1nc(NCc2ccccc2O)ccc1[N+](=O)[O-]. The molecule has 0 aliphatic rings. The van der Waals surface area contributed by atoms with Crippen LogP contribution in [-0.2, 0) is 6.54 Å². The molecule has 0 unspecified atom stereocenters. The summed E-state index contributed by atoms with van der Waals surface area (Å²) >= 11 is 0. The predicted molar refractivity (Wildman–Crippen MR) is 70.7 cm³/mol. The highest BCUT2D eigenvalue weighted by molar-refractivity contribution is 5.57. The Morgan fingerprint density at radius 1 is 1.32 bits per heavy atom. The maximum Gasteiger partial charge on any atom is 0.311 e. The number of aromatic hydroxyl groups is 1. The number of anilines is 2. The number of phenolic OH excluding ortho intramolecular Hbond substituents is 1. The van der Waals surface area contributed by atoms with Crippen LogP contribution in [0.4, 0.5) is 17.3 Å². The smallest absolute Gasteiger partial charge is 0.311 e. The van der Waals surface area contributed by atoms with Gasteiger partial charge in [-0.15, -0.1) is 0 Å². The zero-order valence-corrected chi connectivity index (χ0v) is 9.91. The average Bonchev–Trinajstić information content (AvgIpc) is 2.37. The molecule has 98 valence electrons. The maximum absolute atomic E-state index is 10.6. The van der Waals surface area contributed by atoms with Gasteiger partial charge >= 0.3 is 5.69 Å². The first-order valence-corrected chi connectivity index (χ1v) is 5.49. The molecule has 2 aromatic rings. The van der Waals surface area contributed by atoms with E-state index in [2.05, 4.69) is 10.3 Å². The Morgan fingerprint density at radius 2 is 2.05 bits per heavy atom. The molecule has 0 spiro atoms. The van der Waals surface area contributed by atoms with Crippen molar-refractivity contribution in [3.8, 4) is 5.75 Å². The van der Waals surface area contributed by atoms with Crippen molar-refractivity contribution in [3.63, 3.8) is 0 Å². The van der Waals surface area contributed by atoms with Gasteiger partial charge in [-0.25, -0.2) is 4.98 Å². The first-order valence-electron chi connectivity index (χ1n) is 5.49. The van der Waals surface area contributed by atoms with E-state index in [4.69, 9.17) is 5.73 Å². The lowest BCUT2D eigenvalue weighted by Crippen LogP contribution is -2.05. The normalized spacial score (nSPS) is 10.1. The van der Waals surface area contributed by atoms with Crippen molar-refractivity contribution >= 4 is 17.3 Å². The second-order valence-electron chi connectivity index (χ2n) is 3.84. The first-order chi connectivity index (χ1) is 9.08. The number of nitrogens with zero attached hydrogens (tertiary/aromatic N) is 2. The number of hydrogen-bond acceptors (Lipinski definition) is 6. The first kappa shape index (κ1) is 12.6. The summed E-state index contributed by atoms with van der Waals surface area (Å²) in [7, 11) is 0. The Hall–Kier alpha value is -2.83. The molecule has 0 amide bonds. The van der Waals surface area contributed by atoms with Crippen LogP contribution in [-0.4, -0.2) is 15.0 Å². The number of pyridine rings is 1. The fraction of sp³-hybridized carbons (Fsp3) is 0.0833. The number of nitrogens with one attached hydrogen (secondary N) is 1. The van der Waals surface area contributed by atoms with Crippen LogP contribution < -0.4 is 11.1 Å². The fourth-order valence-corrected chi connectivity index (χ4v) is 1.57. The Kier molecular flexibility index (Phi) is 3.46. The van der Waals surface area contributed by atoms with E-state index in [9.17, 15) is 15.2 Å². The van der Waals surface area contributed by atoms with E-state index in [1.165, 1.54) is 12.1 Å². The lowest BCUT2D eigenvalue weighted by atomic mass is 10.2. The second-order valence-corrected chi connectivity index (χ2v) is 3.84. The van der Waals surface area contributed by atoms with E-state index in [1.54, 1.807) is 24.3 Å². The van der Waals surface area contributed by atoms with Gasteiger partial charge in [0.1, 0.15) is 11.6 Å². The number of rotatable bonds is 4. The maximum atomic E-state index is 10.6. The second kappa shape index (κ2) is 5.21. The standard InChI is InChI=1S/C12H12N4O3/c13-12-9(16(18)19)5-6-11(15-12)14-7-8-3-1-2-4-10(8)17/h1-6,17H,7H2,(H3,13,14,15). The summed E-state index contributed by atoms with van der Waals surface area (Å²) in [4.78, 5) is 13.9. The lowest BCUT2D eigenvalue weighted by molar-refractivity contribution is -0.384. The van der Waals surface area contributed by atoms with Crippen LogP contribution >= 0.6 is 0 Å². The van der Waals surface area contributed by atoms with Gasteiger partial charge in [-0.05, 0) is 12.1 Å². The molecule has 7 nitrogen and oxygen atoms in total. The molecule has 1 aromatic heterocycles. The number of aromatic nitrogens is 1. The molecule has 0 saturated heterocycles. The van der Waals surface area contributed by atoms with E-state index in [0.29, 0.717) is 17.9 Å². The summed E-state index contributed by atoms with van der Waals surface area (Å²) in [6.07, 6.45) is 0. The Morgan fingerprint density at radius 3 is 2.68 bits per heavy atom. The highest BCUT2D eigenvalue weighted by Crippen LogP contribution is 2.22. The molecule has 2 rings (SSSR count). The summed E-state index contributed by atoms with van der Waals surface area (Å²) < 4.78 is 0. The van der Waals surface area contributed by atoms with Crippen molar-refractivity contribution in [1.29, 1.82) is 0 Å². The molecule has 0 radical (unpaired) electrons. The van der Waals surface area contributed by atoms with E-state index in [-0.39, 0.29) is 17.3 Å². The van der Waals surface area contributed by atoms with Gasteiger partial charge in [0, 0.05) is 18.2 Å². The van der Waals surface area contributed by atoms with Crippen molar-refractivity contribution in [2.45, 2.75) is 6.54 Å². The van der Waals surface area contributed by atoms with Crippen LogP contribution in [0.15, 0.2) is 36.4 Å². The number of benzene rings is 1. The van der Waals surface area contributed by atoms with Gasteiger partial charge < -0.3 is 16.2 Å². The van der Waals surface area contributed by atoms with Crippen LogP contribution in [0.25, 0.3) is 0 Å². The molecule has 4 N–H and O–H groups in total. The zero-order valence-electron chi connectivity index (χ0n) is 9.91. The minimum absolute atomic E-state index is 0.146. The Bertz CT molecular complexity index is 616. The third kappa shape index (κ3) is 2.89. The molecule has 0 aliphatic carbocycles. The number of para-hydroxylation sites is 1. The van der Waals surface area contributed by atoms with Crippen LogP contribution in [0.2, 0.25) is 0 Å². The Balaban J connectivity index is 2.11. The number of phenols is 1. The van der Waals surface area contributed by atoms with Crippen LogP contribution in [0.3, 0.4) is 0 Å². The van der Waals surface area contributed by atoms with Gasteiger partial charge in [-0.1, -0.05) is 18.2 Å². The molecule has 1 heterocycles. The number of nitro groups is 1. The zero-order chi connectivity index (χ0) is 13.8. The third-order valence-corrected chi connectivity index (χ3v) is 2.55. The van der Waals surface area contributed by atoms with Crippen LogP contribution in [0, 0.1) is 10.1 Å². The van der Waals surface area contributed by atoms with Crippen molar-refractivity contribution in [2.75, 3.05) is 11.1 Å². The summed E-state index contributed by atoms with van der Waals surface area (Å²) in [6.45, 7) is 0.344. The summed E-state index contributed by atoms with van der Waals surface area (Å²) in [5.74, 6) is 0.434. The summed E-state index contributed by atoms with van der Waals surface area (Å²) in [5.41, 5.74) is 5.95. The quantitative estimate of drug-likeness (QED) is 0.571. The molecule has 0 bridgehead atoms. The van der Waals surface area contributed by atoms with Crippen molar-refractivity contribution < 1.29 is 10.0 Å². The highest BCUT2D eigenvalue weighted by Gasteiger charge is 2.12. The van der Waals surface area contributed by atoms with Gasteiger partial charge in [-0.3, -0.25) is 10.1 Å². The molecule has 19 heavy (non-hydrogen) atoms. The molecule has 0 saturated carbocycles. The highest BCUT2D eigenvalue weighted by atomic mass is 16.6. The van der Waals surface area contributed by atoms with E-state index in [0.717, 1.165) is 0 Å².